The molecule has 1 rings (SSSR count). The maximum Gasteiger partial charge on any atom is 0.143 e. The Labute approximate surface area is 72.4 Å². The lowest BCUT2D eigenvalue weighted by Gasteiger charge is -2.15. The average Bonchev–Trinajstić information content (AvgIpc) is 2.30. The minimum atomic E-state index is -0.153. The van der Waals surface area contributed by atoms with Crippen LogP contribution in [0.2, 0.25) is 0 Å². The lowest BCUT2D eigenvalue weighted by atomic mass is 10.0. The molecule has 2 atom stereocenters. The van der Waals surface area contributed by atoms with Gasteiger partial charge < -0.3 is 15.9 Å². The highest BCUT2D eigenvalue weighted by Crippen LogP contribution is 2.26. The molecular weight excluding hydrogens is 152 g/mol. The van der Waals surface area contributed by atoms with Crippen LogP contribution in [0.15, 0.2) is 24.1 Å². The quantitative estimate of drug-likeness (QED) is 0.609. The number of ether oxygens (including phenoxy) is 1. The minimum absolute atomic E-state index is 0.153. The molecule has 3 nitrogen and oxygen atoms in total. The fourth-order valence-electron chi connectivity index (χ4n) is 1.24. The van der Waals surface area contributed by atoms with Gasteiger partial charge in [0.05, 0.1) is 5.71 Å². The van der Waals surface area contributed by atoms with E-state index in [-0.39, 0.29) is 12.0 Å². The van der Waals surface area contributed by atoms with Crippen molar-refractivity contribution in [2.24, 2.45) is 11.7 Å². The monoisotopic (exact) mass is 166 g/mol. The maximum absolute atomic E-state index is 7.35. The zero-order valence-corrected chi connectivity index (χ0v) is 7.42. The third-order valence-electron chi connectivity index (χ3n) is 1.88. The van der Waals surface area contributed by atoms with Gasteiger partial charge in [-0.1, -0.05) is 13.5 Å². The topological polar surface area (TPSA) is 59.1 Å². The predicted octanol–water partition coefficient (Wildman–Crippen LogP) is 1.42. The number of nitrogens with one attached hydrogen (secondary N) is 1. The molecule has 0 spiro atoms. The standard InChI is InChI=1S/C9H14N2O/c1-5-4-8(6(2)10)12-9(5)7(3)11/h4-5,9-10H,3,11H2,1-2H3. The molecule has 12 heavy (non-hydrogen) atoms. The van der Waals surface area contributed by atoms with Crippen LogP contribution in [0.4, 0.5) is 0 Å². The normalized spacial score (nSPS) is 27.7. The summed E-state index contributed by atoms with van der Waals surface area (Å²) in [6.07, 6.45) is 1.76. The predicted molar refractivity (Wildman–Crippen MR) is 48.8 cm³/mol. The van der Waals surface area contributed by atoms with Gasteiger partial charge in [0.15, 0.2) is 0 Å². The van der Waals surface area contributed by atoms with E-state index in [0.717, 1.165) is 0 Å². The summed E-state index contributed by atoms with van der Waals surface area (Å²) in [5.41, 5.74) is 6.49. The molecule has 0 saturated heterocycles. The van der Waals surface area contributed by atoms with E-state index in [1.807, 2.05) is 13.0 Å². The lowest BCUT2D eigenvalue weighted by molar-refractivity contribution is 0.160. The Morgan fingerprint density at radius 1 is 1.75 bits per heavy atom. The van der Waals surface area contributed by atoms with Crippen molar-refractivity contribution >= 4 is 5.71 Å². The van der Waals surface area contributed by atoms with E-state index in [2.05, 4.69) is 6.58 Å². The number of hydrogen-bond acceptors (Lipinski definition) is 3. The van der Waals surface area contributed by atoms with E-state index in [1.165, 1.54) is 0 Å². The Kier molecular flexibility index (Phi) is 2.22. The van der Waals surface area contributed by atoms with Crippen LogP contribution in [0.5, 0.6) is 0 Å². The summed E-state index contributed by atoms with van der Waals surface area (Å²) in [5.74, 6) is 0.844. The van der Waals surface area contributed by atoms with E-state index >= 15 is 0 Å². The van der Waals surface area contributed by atoms with Gasteiger partial charge in [0.2, 0.25) is 0 Å². The Morgan fingerprint density at radius 3 is 2.58 bits per heavy atom. The summed E-state index contributed by atoms with van der Waals surface area (Å²) in [6, 6.07) is 0. The van der Waals surface area contributed by atoms with Gasteiger partial charge in [0.1, 0.15) is 11.9 Å². The number of hydrogen-bond donors (Lipinski definition) is 2. The Balaban J connectivity index is 2.73. The molecule has 0 radical (unpaired) electrons. The van der Waals surface area contributed by atoms with Crippen LogP contribution >= 0.6 is 0 Å². The molecule has 0 amide bonds. The van der Waals surface area contributed by atoms with Crippen molar-refractivity contribution in [3.05, 3.63) is 24.1 Å². The maximum atomic E-state index is 7.35. The zero-order chi connectivity index (χ0) is 9.30. The third-order valence-corrected chi connectivity index (χ3v) is 1.88. The molecule has 2 unspecified atom stereocenters. The van der Waals surface area contributed by atoms with Crippen molar-refractivity contribution in [2.75, 3.05) is 0 Å². The smallest absolute Gasteiger partial charge is 0.143 e. The van der Waals surface area contributed by atoms with Crippen LogP contribution in [0, 0.1) is 11.3 Å². The summed E-state index contributed by atoms with van der Waals surface area (Å²) in [7, 11) is 0. The van der Waals surface area contributed by atoms with Gasteiger partial charge in [-0.05, 0) is 13.0 Å². The van der Waals surface area contributed by atoms with Gasteiger partial charge >= 0.3 is 0 Å². The molecule has 66 valence electrons. The SMILES string of the molecule is C=C(N)C1OC(C(C)=N)=CC1C. The molecule has 1 heterocycles. The van der Waals surface area contributed by atoms with Crippen molar-refractivity contribution < 1.29 is 4.74 Å². The molecule has 0 aromatic heterocycles. The van der Waals surface area contributed by atoms with E-state index in [0.29, 0.717) is 17.2 Å². The lowest BCUT2D eigenvalue weighted by Crippen LogP contribution is -2.22. The molecule has 0 aromatic rings. The second kappa shape index (κ2) is 3.01. The van der Waals surface area contributed by atoms with Crippen LogP contribution < -0.4 is 5.73 Å². The van der Waals surface area contributed by atoms with Gasteiger partial charge in [-0.3, -0.25) is 0 Å². The summed E-state index contributed by atoms with van der Waals surface area (Å²) in [6.45, 7) is 7.32. The second-order valence-electron chi connectivity index (χ2n) is 3.13. The number of rotatable bonds is 2. The van der Waals surface area contributed by atoms with Crippen LogP contribution in [-0.4, -0.2) is 11.8 Å². The summed E-state index contributed by atoms with van der Waals surface area (Å²) >= 11 is 0. The first-order valence-electron chi connectivity index (χ1n) is 3.90. The van der Waals surface area contributed by atoms with Gasteiger partial charge in [-0.15, -0.1) is 0 Å². The molecule has 1 aliphatic rings. The van der Waals surface area contributed by atoms with Crippen molar-refractivity contribution in [1.82, 2.24) is 0 Å². The Hall–Kier alpha value is -1.25. The second-order valence-corrected chi connectivity index (χ2v) is 3.13. The highest BCUT2D eigenvalue weighted by Gasteiger charge is 2.27. The molecule has 0 fully saturated rings. The van der Waals surface area contributed by atoms with Crippen molar-refractivity contribution in [3.63, 3.8) is 0 Å². The first-order chi connectivity index (χ1) is 5.52. The average molecular weight is 166 g/mol. The Morgan fingerprint density at radius 2 is 2.33 bits per heavy atom. The fraction of sp³-hybridized carbons (Fsp3) is 0.444. The van der Waals surface area contributed by atoms with Crippen LogP contribution in [0.3, 0.4) is 0 Å². The highest BCUT2D eigenvalue weighted by molar-refractivity contribution is 5.94. The van der Waals surface area contributed by atoms with Gasteiger partial charge in [-0.25, -0.2) is 0 Å². The fourth-order valence-corrected chi connectivity index (χ4v) is 1.24. The van der Waals surface area contributed by atoms with E-state index in [9.17, 15) is 0 Å². The first-order valence-corrected chi connectivity index (χ1v) is 3.90. The molecular formula is C9H14N2O. The van der Waals surface area contributed by atoms with Gasteiger partial charge in [0, 0.05) is 11.6 Å². The highest BCUT2D eigenvalue weighted by atomic mass is 16.5. The van der Waals surface area contributed by atoms with Crippen LogP contribution in [0.1, 0.15) is 13.8 Å². The molecule has 3 heteroatoms. The largest absolute Gasteiger partial charge is 0.482 e. The third kappa shape index (κ3) is 1.49. The summed E-state index contributed by atoms with van der Waals surface area (Å²) in [5, 5.41) is 7.35. The molecule has 0 aliphatic carbocycles. The molecule has 0 saturated carbocycles. The van der Waals surface area contributed by atoms with Gasteiger partial charge in [0.25, 0.3) is 0 Å². The van der Waals surface area contributed by atoms with Crippen LogP contribution in [0.25, 0.3) is 0 Å². The first kappa shape index (κ1) is 8.84. The zero-order valence-electron chi connectivity index (χ0n) is 7.42. The molecule has 1 aliphatic heterocycles. The Bertz CT molecular complexity index is 255. The van der Waals surface area contributed by atoms with Crippen LogP contribution in [-0.2, 0) is 4.74 Å². The van der Waals surface area contributed by atoms with Crippen molar-refractivity contribution in [2.45, 2.75) is 20.0 Å². The molecule has 0 bridgehead atoms. The van der Waals surface area contributed by atoms with E-state index in [4.69, 9.17) is 15.9 Å². The van der Waals surface area contributed by atoms with Crippen molar-refractivity contribution in [1.29, 1.82) is 5.41 Å². The van der Waals surface area contributed by atoms with Gasteiger partial charge in [-0.2, -0.15) is 0 Å². The number of nitrogens with two attached hydrogens (primary N) is 1. The number of allylic oxidation sites excluding steroid dienone is 1. The molecule has 3 N–H and O–H groups in total. The summed E-state index contributed by atoms with van der Waals surface area (Å²) < 4.78 is 5.41. The van der Waals surface area contributed by atoms with E-state index in [1.54, 1.807) is 6.92 Å². The summed E-state index contributed by atoms with van der Waals surface area (Å²) in [4.78, 5) is 0. The van der Waals surface area contributed by atoms with Crippen molar-refractivity contribution in [3.8, 4) is 0 Å². The van der Waals surface area contributed by atoms with E-state index < -0.39 is 0 Å². The minimum Gasteiger partial charge on any atom is -0.482 e. The molecule has 0 aromatic carbocycles.